The molecule has 0 aliphatic carbocycles. The lowest BCUT2D eigenvalue weighted by Gasteiger charge is -2.31. The Hall–Kier alpha value is -3.00. The summed E-state index contributed by atoms with van der Waals surface area (Å²) in [5, 5.41) is 0.462. The first-order valence-corrected chi connectivity index (χ1v) is 9.53. The first-order valence-electron chi connectivity index (χ1n) is 9.12. The Morgan fingerprint density at radius 1 is 0.897 bits per heavy atom. The van der Waals surface area contributed by atoms with Crippen molar-refractivity contribution in [3.63, 3.8) is 0 Å². The van der Waals surface area contributed by atoms with Gasteiger partial charge in [0.15, 0.2) is 16.6 Å². The first-order chi connectivity index (χ1) is 14.0. The van der Waals surface area contributed by atoms with Gasteiger partial charge in [0.25, 0.3) is 5.91 Å². The first kappa shape index (κ1) is 19.3. The number of amides is 1. The average molecular weight is 414 g/mol. The Morgan fingerprint density at radius 2 is 1.55 bits per heavy atom. The summed E-state index contributed by atoms with van der Waals surface area (Å²) in [6.07, 6.45) is 0.545. The Labute approximate surface area is 174 Å². The average Bonchev–Trinajstić information content (AvgIpc) is 2.99. The lowest BCUT2D eigenvalue weighted by atomic mass is 9.94. The van der Waals surface area contributed by atoms with Crippen LogP contribution < -0.4 is 23.8 Å². The third kappa shape index (κ3) is 3.04. The van der Waals surface area contributed by atoms with E-state index in [1.165, 1.54) is 0 Å². The molecule has 2 heterocycles. The number of ether oxygens (including phenoxy) is 4. The summed E-state index contributed by atoms with van der Waals surface area (Å²) in [6, 6.07) is 8.86. The van der Waals surface area contributed by atoms with E-state index in [0.29, 0.717) is 46.8 Å². The number of benzene rings is 2. The topological polar surface area (TPSA) is 60.5 Å². The highest BCUT2D eigenvalue weighted by atomic mass is 32.1. The molecule has 1 amide bonds. The molecule has 1 saturated heterocycles. The van der Waals surface area contributed by atoms with Gasteiger partial charge in [-0.3, -0.25) is 9.69 Å². The van der Waals surface area contributed by atoms with Crippen LogP contribution in [0.5, 0.6) is 23.0 Å². The number of fused-ring (bicyclic) bond motifs is 2. The number of nitrogens with zero attached hydrogens (tertiary/aromatic N) is 2. The van der Waals surface area contributed by atoms with Gasteiger partial charge >= 0.3 is 0 Å². The van der Waals surface area contributed by atoms with Gasteiger partial charge in [-0.05, 0) is 47.6 Å². The SMILES string of the molecule is COc1ccc(N2C(=O)[C@H]3Cc4cc(OC)c(OC)cc4CN3C2=S)c(OC)c1. The molecule has 0 spiro atoms. The molecule has 2 aliphatic heterocycles. The summed E-state index contributed by atoms with van der Waals surface area (Å²) in [5.41, 5.74) is 2.73. The third-order valence-electron chi connectivity index (χ3n) is 5.41. The van der Waals surface area contributed by atoms with Gasteiger partial charge in [0.1, 0.15) is 17.5 Å². The summed E-state index contributed by atoms with van der Waals surface area (Å²) in [5.74, 6) is 2.42. The van der Waals surface area contributed by atoms with Gasteiger partial charge in [0.2, 0.25) is 0 Å². The minimum Gasteiger partial charge on any atom is -0.497 e. The van der Waals surface area contributed by atoms with Crippen LogP contribution in [0.4, 0.5) is 5.69 Å². The molecule has 2 aromatic carbocycles. The Balaban J connectivity index is 1.71. The number of thiocarbonyl (C=S) groups is 1. The Morgan fingerprint density at radius 3 is 2.17 bits per heavy atom. The van der Waals surface area contributed by atoms with Crippen molar-refractivity contribution in [1.82, 2.24) is 4.90 Å². The van der Waals surface area contributed by atoms with E-state index in [-0.39, 0.29) is 11.9 Å². The predicted octanol–water partition coefficient (Wildman–Crippen LogP) is 2.78. The van der Waals surface area contributed by atoms with Crippen molar-refractivity contribution in [1.29, 1.82) is 0 Å². The van der Waals surface area contributed by atoms with Crippen LogP contribution in [0.25, 0.3) is 0 Å². The van der Waals surface area contributed by atoms with Crippen LogP contribution in [0.2, 0.25) is 0 Å². The fourth-order valence-corrected chi connectivity index (χ4v) is 4.28. The number of methoxy groups -OCH3 is 4. The fourth-order valence-electron chi connectivity index (χ4n) is 3.90. The summed E-state index contributed by atoms with van der Waals surface area (Å²) in [7, 11) is 6.36. The number of hydrogen-bond acceptors (Lipinski definition) is 6. The van der Waals surface area contributed by atoms with Gasteiger partial charge in [-0.2, -0.15) is 0 Å². The molecule has 2 aliphatic rings. The van der Waals surface area contributed by atoms with Crippen molar-refractivity contribution in [2.75, 3.05) is 33.3 Å². The maximum Gasteiger partial charge on any atom is 0.256 e. The van der Waals surface area contributed by atoms with Crippen molar-refractivity contribution in [2.45, 2.75) is 19.0 Å². The number of carbonyl (C=O) groups excluding carboxylic acids is 1. The Kier molecular flexibility index (Phi) is 4.96. The van der Waals surface area contributed by atoms with Crippen LogP contribution in [0.15, 0.2) is 30.3 Å². The van der Waals surface area contributed by atoms with Crippen LogP contribution in [0, 0.1) is 0 Å². The molecule has 0 aromatic heterocycles. The van der Waals surface area contributed by atoms with Crippen LogP contribution in [-0.2, 0) is 17.8 Å². The summed E-state index contributed by atoms with van der Waals surface area (Å²) in [4.78, 5) is 16.8. The second kappa shape index (κ2) is 7.44. The highest BCUT2D eigenvalue weighted by Gasteiger charge is 2.46. The minimum atomic E-state index is -0.361. The molecular formula is C21H22N2O5S. The van der Waals surface area contributed by atoms with Crippen molar-refractivity contribution >= 4 is 28.9 Å². The van der Waals surface area contributed by atoms with Crippen molar-refractivity contribution < 1.29 is 23.7 Å². The normalized spacial score (nSPS) is 17.7. The van der Waals surface area contributed by atoms with E-state index < -0.39 is 0 Å². The zero-order valence-corrected chi connectivity index (χ0v) is 17.5. The fraction of sp³-hybridized carbons (Fsp3) is 0.333. The molecule has 0 radical (unpaired) electrons. The molecule has 152 valence electrons. The van der Waals surface area contributed by atoms with E-state index in [9.17, 15) is 4.79 Å². The molecule has 2 aromatic rings. The van der Waals surface area contributed by atoms with Gasteiger partial charge in [-0.15, -0.1) is 0 Å². The number of anilines is 1. The number of carbonyl (C=O) groups is 1. The smallest absolute Gasteiger partial charge is 0.256 e. The minimum absolute atomic E-state index is 0.0705. The molecule has 7 nitrogen and oxygen atoms in total. The lowest BCUT2D eigenvalue weighted by Crippen LogP contribution is -2.40. The quantitative estimate of drug-likeness (QED) is 0.697. The van der Waals surface area contributed by atoms with Gasteiger partial charge in [-0.1, -0.05) is 0 Å². The molecule has 0 unspecified atom stereocenters. The van der Waals surface area contributed by atoms with E-state index in [1.54, 1.807) is 51.5 Å². The maximum atomic E-state index is 13.3. The maximum absolute atomic E-state index is 13.3. The molecule has 4 rings (SSSR count). The van der Waals surface area contributed by atoms with E-state index >= 15 is 0 Å². The summed E-state index contributed by atoms with van der Waals surface area (Å²) < 4.78 is 21.6. The van der Waals surface area contributed by atoms with E-state index in [1.807, 2.05) is 17.0 Å². The van der Waals surface area contributed by atoms with Crippen molar-refractivity contribution in [3.8, 4) is 23.0 Å². The zero-order chi connectivity index (χ0) is 20.7. The Bertz CT molecular complexity index is 942. The van der Waals surface area contributed by atoms with Gasteiger partial charge in [0, 0.05) is 19.0 Å². The van der Waals surface area contributed by atoms with E-state index in [2.05, 4.69) is 0 Å². The molecule has 29 heavy (non-hydrogen) atoms. The van der Waals surface area contributed by atoms with Gasteiger partial charge in [0.05, 0.1) is 34.1 Å². The molecule has 1 atom stereocenters. The standard InChI is InChI=1S/C21H22N2O5S/c1-25-14-5-6-15(17(10-14)26-2)23-20(24)16-7-12-8-18(27-3)19(28-4)9-13(12)11-22(16)21(23)29/h5-6,8-10,16H,7,11H2,1-4H3/t16-/m1/s1. The van der Waals surface area contributed by atoms with Gasteiger partial charge in [-0.25, -0.2) is 0 Å². The molecule has 0 N–H and O–H groups in total. The molecule has 8 heteroatoms. The third-order valence-corrected chi connectivity index (χ3v) is 5.82. The molecule has 1 fully saturated rings. The summed E-state index contributed by atoms with van der Waals surface area (Å²) in [6.45, 7) is 0.528. The largest absolute Gasteiger partial charge is 0.497 e. The monoisotopic (exact) mass is 414 g/mol. The second-order valence-corrected chi connectivity index (χ2v) is 7.18. The highest BCUT2D eigenvalue weighted by molar-refractivity contribution is 7.80. The van der Waals surface area contributed by atoms with Crippen LogP contribution in [0.1, 0.15) is 11.1 Å². The van der Waals surface area contributed by atoms with Crippen LogP contribution in [-0.4, -0.2) is 50.4 Å². The lowest BCUT2D eigenvalue weighted by molar-refractivity contribution is -0.120. The predicted molar refractivity (Wildman–Crippen MR) is 112 cm³/mol. The van der Waals surface area contributed by atoms with E-state index in [0.717, 1.165) is 11.1 Å². The summed E-state index contributed by atoms with van der Waals surface area (Å²) >= 11 is 5.69. The molecule has 0 saturated carbocycles. The second-order valence-electron chi connectivity index (χ2n) is 6.82. The molecule has 0 bridgehead atoms. The van der Waals surface area contributed by atoms with Gasteiger partial charge < -0.3 is 23.8 Å². The van der Waals surface area contributed by atoms with Crippen molar-refractivity contribution in [3.05, 3.63) is 41.5 Å². The van der Waals surface area contributed by atoms with E-state index in [4.69, 9.17) is 31.2 Å². The van der Waals surface area contributed by atoms with Crippen molar-refractivity contribution in [2.24, 2.45) is 0 Å². The molecular weight excluding hydrogens is 392 g/mol. The highest BCUT2D eigenvalue weighted by Crippen LogP contribution is 2.40. The zero-order valence-electron chi connectivity index (χ0n) is 16.7. The van der Waals surface area contributed by atoms with Crippen LogP contribution >= 0.6 is 12.2 Å². The number of rotatable bonds is 5. The number of hydrogen-bond donors (Lipinski definition) is 0. The van der Waals surface area contributed by atoms with Crippen LogP contribution in [0.3, 0.4) is 0 Å².